The summed E-state index contributed by atoms with van der Waals surface area (Å²) in [4.78, 5) is 0. The van der Waals surface area contributed by atoms with Gasteiger partial charge in [0.2, 0.25) is 0 Å². The monoisotopic (exact) mass is 264 g/mol. The summed E-state index contributed by atoms with van der Waals surface area (Å²) in [6.45, 7) is 3.22. The van der Waals surface area contributed by atoms with Crippen molar-refractivity contribution in [1.82, 2.24) is 0 Å². The van der Waals surface area contributed by atoms with Crippen LogP contribution in [0.5, 0.6) is 0 Å². The first kappa shape index (κ1) is 10.5. The molecule has 1 fully saturated rings. The first-order valence-electron chi connectivity index (χ1n) is 5.06. The van der Waals surface area contributed by atoms with Gasteiger partial charge in [0.25, 0.3) is 0 Å². The largest absolute Gasteiger partial charge is 0.383 e. The number of hydrogen-bond acceptors (Lipinski definition) is 2. The van der Waals surface area contributed by atoms with E-state index in [9.17, 15) is 0 Å². The molecule has 0 aromatic heterocycles. The van der Waals surface area contributed by atoms with E-state index in [1.165, 1.54) is 12.8 Å². The lowest BCUT2D eigenvalue weighted by Gasteiger charge is -2.12. The van der Waals surface area contributed by atoms with Crippen LogP contribution in [0.2, 0.25) is 0 Å². The summed E-state index contributed by atoms with van der Waals surface area (Å²) in [5.74, 6) is 0. The van der Waals surface area contributed by atoms with Crippen LogP contribution in [0.15, 0.2) is 22.7 Å². The summed E-state index contributed by atoms with van der Waals surface area (Å²) in [7, 11) is 0. The van der Waals surface area contributed by atoms with E-state index in [1.807, 2.05) is 18.2 Å². The van der Waals surface area contributed by atoms with E-state index < -0.39 is 0 Å². The third kappa shape index (κ3) is 2.51. The van der Waals surface area contributed by atoms with E-state index in [-0.39, 0.29) is 0 Å². The summed E-state index contributed by atoms with van der Waals surface area (Å²) >= 11 is 3.41. The minimum absolute atomic E-state index is 0.453. The summed E-state index contributed by atoms with van der Waals surface area (Å²) in [6.07, 6.45) is 2.58. The van der Waals surface area contributed by atoms with E-state index in [4.69, 9.17) is 5.26 Å². The van der Waals surface area contributed by atoms with E-state index in [2.05, 4.69) is 34.2 Å². The molecule has 2 rings (SSSR count). The fourth-order valence-electron chi connectivity index (χ4n) is 1.46. The van der Waals surface area contributed by atoms with Crippen molar-refractivity contribution in [3.05, 3.63) is 28.2 Å². The van der Waals surface area contributed by atoms with Crippen LogP contribution >= 0.6 is 15.9 Å². The molecule has 1 N–H and O–H groups in total. The second kappa shape index (κ2) is 3.86. The highest BCUT2D eigenvalue weighted by atomic mass is 79.9. The molecule has 0 radical (unpaired) electrons. The molecule has 0 heterocycles. The number of hydrogen-bond donors (Lipinski definition) is 1. The van der Waals surface area contributed by atoms with Crippen molar-refractivity contribution in [3.8, 4) is 6.07 Å². The topological polar surface area (TPSA) is 35.8 Å². The van der Waals surface area contributed by atoms with Crippen LogP contribution in [0.25, 0.3) is 0 Å². The zero-order chi connectivity index (χ0) is 10.9. The standard InChI is InChI=1S/C12H13BrN2/c1-12(4-5-12)8-15-11-6-10(13)3-2-9(11)7-14/h2-3,6,15H,4-5,8H2,1H3. The molecule has 0 amide bonds. The predicted octanol–water partition coefficient (Wildman–Crippen LogP) is 3.53. The van der Waals surface area contributed by atoms with Crippen molar-refractivity contribution in [1.29, 1.82) is 5.26 Å². The predicted molar refractivity (Wildman–Crippen MR) is 64.7 cm³/mol. The van der Waals surface area contributed by atoms with Gasteiger partial charge in [-0.3, -0.25) is 0 Å². The molecule has 0 aliphatic heterocycles. The fourth-order valence-corrected chi connectivity index (χ4v) is 1.82. The Bertz CT molecular complexity index is 416. The van der Waals surface area contributed by atoms with Crippen LogP contribution in [-0.2, 0) is 0 Å². The van der Waals surface area contributed by atoms with Crippen LogP contribution in [0.1, 0.15) is 25.3 Å². The molecular formula is C12H13BrN2. The number of nitriles is 1. The third-order valence-electron chi connectivity index (χ3n) is 2.91. The molecule has 78 valence electrons. The molecule has 0 atom stereocenters. The molecule has 0 spiro atoms. The second-order valence-corrected chi connectivity index (χ2v) is 5.38. The van der Waals surface area contributed by atoms with Gasteiger partial charge in [-0.1, -0.05) is 22.9 Å². The number of benzene rings is 1. The van der Waals surface area contributed by atoms with Gasteiger partial charge in [0.1, 0.15) is 6.07 Å². The lowest BCUT2D eigenvalue weighted by molar-refractivity contribution is 0.610. The van der Waals surface area contributed by atoms with Crippen LogP contribution in [0.3, 0.4) is 0 Å². The van der Waals surface area contributed by atoms with E-state index in [0.29, 0.717) is 11.0 Å². The Morgan fingerprint density at radius 3 is 2.87 bits per heavy atom. The van der Waals surface area contributed by atoms with Gasteiger partial charge >= 0.3 is 0 Å². The van der Waals surface area contributed by atoms with Crippen LogP contribution in [0, 0.1) is 16.7 Å². The zero-order valence-corrected chi connectivity index (χ0v) is 10.3. The Hall–Kier alpha value is -1.01. The Balaban J connectivity index is 2.12. The first-order chi connectivity index (χ1) is 7.13. The second-order valence-electron chi connectivity index (χ2n) is 4.47. The van der Waals surface area contributed by atoms with Crippen LogP contribution in [-0.4, -0.2) is 6.54 Å². The highest BCUT2D eigenvalue weighted by molar-refractivity contribution is 9.10. The molecule has 1 aliphatic rings. The lowest BCUT2D eigenvalue weighted by atomic mass is 10.1. The molecule has 15 heavy (non-hydrogen) atoms. The smallest absolute Gasteiger partial charge is 0.101 e. The molecule has 1 saturated carbocycles. The van der Waals surface area contributed by atoms with E-state index >= 15 is 0 Å². The Kier molecular flexibility index (Phi) is 2.70. The average molecular weight is 265 g/mol. The molecular weight excluding hydrogens is 252 g/mol. The van der Waals surface area contributed by atoms with Gasteiger partial charge in [-0.25, -0.2) is 0 Å². The SMILES string of the molecule is CC1(CNc2cc(Br)ccc2C#N)CC1. The number of rotatable bonds is 3. The minimum Gasteiger partial charge on any atom is -0.383 e. The van der Waals surface area contributed by atoms with E-state index in [0.717, 1.165) is 16.7 Å². The minimum atomic E-state index is 0.453. The first-order valence-corrected chi connectivity index (χ1v) is 5.86. The lowest BCUT2D eigenvalue weighted by Crippen LogP contribution is -2.12. The average Bonchev–Trinajstić information content (AvgIpc) is 2.95. The Morgan fingerprint density at radius 2 is 2.27 bits per heavy atom. The zero-order valence-electron chi connectivity index (χ0n) is 8.68. The molecule has 1 aromatic rings. The maximum Gasteiger partial charge on any atom is 0.101 e. The van der Waals surface area contributed by atoms with Crippen molar-refractivity contribution >= 4 is 21.6 Å². The van der Waals surface area contributed by atoms with Gasteiger partial charge in [-0.05, 0) is 36.5 Å². The van der Waals surface area contributed by atoms with Gasteiger partial charge < -0.3 is 5.32 Å². The summed E-state index contributed by atoms with van der Waals surface area (Å²) in [5, 5.41) is 12.3. The maximum atomic E-state index is 8.95. The number of nitrogens with one attached hydrogen (secondary N) is 1. The molecule has 1 aromatic carbocycles. The van der Waals surface area contributed by atoms with Crippen LogP contribution < -0.4 is 5.32 Å². The quantitative estimate of drug-likeness (QED) is 0.907. The van der Waals surface area contributed by atoms with Crippen molar-refractivity contribution < 1.29 is 0 Å². The molecule has 1 aliphatic carbocycles. The van der Waals surface area contributed by atoms with Crippen molar-refractivity contribution in [2.24, 2.45) is 5.41 Å². The Labute approximate surface area is 98.4 Å². The molecule has 0 saturated heterocycles. The van der Waals surface area contributed by atoms with Gasteiger partial charge in [-0.15, -0.1) is 0 Å². The summed E-state index contributed by atoms with van der Waals surface area (Å²) < 4.78 is 1.00. The normalized spacial score (nSPS) is 16.9. The molecule has 0 unspecified atom stereocenters. The molecule has 3 heteroatoms. The highest BCUT2D eigenvalue weighted by Crippen LogP contribution is 2.44. The number of anilines is 1. The fraction of sp³-hybridized carbons (Fsp3) is 0.417. The summed E-state index contributed by atoms with van der Waals surface area (Å²) in [5.41, 5.74) is 2.09. The van der Waals surface area contributed by atoms with Gasteiger partial charge in [-0.2, -0.15) is 5.26 Å². The van der Waals surface area contributed by atoms with Gasteiger partial charge in [0, 0.05) is 11.0 Å². The van der Waals surface area contributed by atoms with Crippen molar-refractivity contribution in [2.45, 2.75) is 19.8 Å². The molecule has 2 nitrogen and oxygen atoms in total. The van der Waals surface area contributed by atoms with Crippen LogP contribution in [0.4, 0.5) is 5.69 Å². The summed E-state index contributed by atoms with van der Waals surface area (Å²) in [6, 6.07) is 7.89. The number of halogens is 1. The Morgan fingerprint density at radius 1 is 1.53 bits per heavy atom. The van der Waals surface area contributed by atoms with Gasteiger partial charge in [0.15, 0.2) is 0 Å². The highest BCUT2D eigenvalue weighted by Gasteiger charge is 2.36. The van der Waals surface area contributed by atoms with E-state index in [1.54, 1.807) is 0 Å². The number of nitrogens with zero attached hydrogens (tertiary/aromatic N) is 1. The maximum absolute atomic E-state index is 8.95. The molecule has 0 bridgehead atoms. The third-order valence-corrected chi connectivity index (χ3v) is 3.40. The van der Waals surface area contributed by atoms with Gasteiger partial charge in [0.05, 0.1) is 11.3 Å². The van der Waals surface area contributed by atoms with Crippen molar-refractivity contribution in [2.75, 3.05) is 11.9 Å². The van der Waals surface area contributed by atoms with Crippen molar-refractivity contribution in [3.63, 3.8) is 0 Å².